The van der Waals surface area contributed by atoms with Gasteiger partial charge in [-0.2, -0.15) is 0 Å². The molecule has 4 heteroatoms. The molecule has 0 aliphatic carbocycles. The minimum Gasteiger partial charge on any atom is -0.373 e. The summed E-state index contributed by atoms with van der Waals surface area (Å²) in [5, 5.41) is 0. The first-order chi connectivity index (χ1) is 7.93. The van der Waals surface area contributed by atoms with Gasteiger partial charge in [0.15, 0.2) is 5.82 Å². The molecule has 4 nitrogen and oxygen atoms in total. The number of hydrogen-bond donors (Lipinski definition) is 1. The third kappa shape index (κ3) is 3.23. The molecule has 1 atom stereocenters. The van der Waals surface area contributed by atoms with Crippen LogP contribution in [0.25, 0.3) is 0 Å². The highest BCUT2D eigenvalue weighted by Crippen LogP contribution is 2.33. The summed E-state index contributed by atoms with van der Waals surface area (Å²) in [6.07, 6.45) is 2.58. The lowest BCUT2D eigenvalue weighted by Crippen LogP contribution is -2.23. The first-order valence-corrected chi connectivity index (χ1v) is 6.01. The first-order valence-electron chi connectivity index (χ1n) is 6.01. The Labute approximate surface area is 104 Å². The zero-order valence-electron chi connectivity index (χ0n) is 11.4. The quantitative estimate of drug-likeness (QED) is 0.872. The monoisotopic (exact) mass is 237 g/mol. The van der Waals surface area contributed by atoms with Crippen molar-refractivity contribution in [3.05, 3.63) is 23.3 Å². The topological polar surface area (TPSA) is 61.0 Å². The van der Waals surface area contributed by atoms with E-state index in [9.17, 15) is 0 Å². The van der Waals surface area contributed by atoms with Gasteiger partial charge in [-0.15, -0.1) is 0 Å². The zero-order chi connectivity index (χ0) is 13.1. The Balaban J connectivity index is 3.14. The van der Waals surface area contributed by atoms with Crippen molar-refractivity contribution in [2.75, 3.05) is 7.11 Å². The molecular formula is C13H23N3O. The molecule has 0 spiro atoms. The van der Waals surface area contributed by atoms with Crippen molar-refractivity contribution in [1.29, 1.82) is 0 Å². The Morgan fingerprint density at radius 1 is 1.41 bits per heavy atom. The molecule has 0 aliphatic rings. The molecule has 1 unspecified atom stereocenters. The van der Waals surface area contributed by atoms with Crippen molar-refractivity contribution in [1.82, 2.24) is 9.97 Å². The maximum Gasteiger partial charge on any atom is 0.157 e. The van der Waals surface area contributed by atoms with E-state index in [4.69, 9.17) is 10.5 Å². The van der Waals surface area contributed by atoms with E-state index in [2.05, 4.69) is 37.7 Å². The van der Waals surface area contributed by atoms with Gasteiger partial charge in [-0.05, 0) is 11.8 Å². The van der Waals surface area contributed by atoms with Crippen LogP contribution in [0.4, 0.5) is 0 Å². The predicted molar refractivity (Wildman–Crippen MR) is 68.5 cm³/mol. The molecule has 0 fully saturated rings. The molecule has 0 bridgehead atoms. The zero-order valence-corrected chi connectivity index (χ0v) is 11.4. The van der Waals surface area contributed by atoms with Gasteiger partial charge in [0.2, 0.25) is 0 Å². The van der Waals surface area contributed by atoms with Crippen LogP contribution in [0.1, 0.15) is 50.9 Å². The molecule has 1 aromatic rings. The fraction of sp³-hybridized carbons (Fsp3) is 0.692. The Morgan fingerprint density at radius 3 is 2.47 bits per heavy atom. The van der Waals surface area contributed by atoms with Crippen molar-refractivity contribution in [3.8, 4) is 0 Å². The van der Waals surface area contributed by atoms with Gasteiger partial charge in [0.1, 0.15) is 6.10 Å². The molecule has 17 heavy (non-hydrogen) atoms. The van der Waals surface area contributed by atoms with Crippen LogP contribution in [0, 0.1) is 5.41 Å². The molecule has 0 saturated carbocycles. The molecule has 1 heterocycles. The van der Waals surface area contributed by atoms with E-state index in [1.807, 2.05) is 6.20 Å². The van der Waals surface area contributed by atoms with Crippen molar-refractivity contribution in [3.63, 3.8) is 0 Å². The van der Waals surface area contributed by atoms with Gasteiger partial charge < -0.3 is 10.5 Å². The SMILES string of the molecule is CCc1nc(C(OC)C(C)(C)C)ncc1CN. The van der Waals surface area contributed by atoms with Crippen molar-refractivity contribution in [2.24, 2.45) is 11.1 Å². The Morgan fingerprint density at radius 2 is 2.06 bits per heavy atom. The number of aromatic nitrogens is 2. The van der Waals surface area contributed by atoms with Crippen LogP contribution in [-0.2, 0) is 17.7 Å². The van der Waals surface area contributed by atoms with E-state index >= 15 is 0 Å². The molecular weight excluding hydrogens is 214 g/mol. The molecule has 0 aromatic carbocycles. The van der Waals surface area contributed by atoms with E-state index < -0.39 is 0 Å². The van der Waals surface area contributed by atoms with Gasteiger partial charge in [-0.25, -0.2) is 9.97 Å². The second kappa shape index (κ2) is 5.56. The highest BCUT2D eigenvalue weighted by atomic mass is 16.5. The third-order valence-corrected chi connectivity index (χ3v) is 2.78. The number of rotatable bonds is 4. The summed E-state index contributed by atoms with van der Waals surface area (Å²) in [4.78, 5) is 8.96. The van der Waals surface area contributed by atoms with Gasteiger partial charge in [0, 0.05) is 31.1 Å². The number of nitrogens with zero attached hydrogens (tertiary/aromatic N) is 2. The standard InChI is InChI=1S/C13H23N3O/c1-6-10-9(7-14)8-15-12(16-10)11(17-5)13(2,3)4/h8,11H,6-7,14H2,1-5H3. The lowest BCUT2D eigenvalue weighted by atomic mass is 9.88. The van der Waals surface area contributed by atoms with Crippen LogP contribution >= 0.6 is 0 Å². The second-order valence-electron chi connectivity index (χ2n) is 5.24. The van der Waals surface area contributed by atoms with Gasteiger partial charge in [0.25, 0.3) is 0 Å². The van der Waals surface area contributed by atoms with E-state index in [1.54, 1.807) is 7.11 Å². The van der Waals surface area contributed by atoms with Crippen molar-refractivity contribution in [2.45, 2.75) is 46.8 Å². The largest absolute Gasteiger partial charge is 0.373 e. The molecule has 0 aliphatic heterocycles. The highest BCUT2D eigenvalue weighted by Gasteiger charge is 2.28. The summed E-state index contributed by atoms with van der Waals surface area (Å²) >= 11 is 0. The predicted octanol–water partition coefficient (Wildman–Crippen LogP) is 2.23. The van der Waals surface area contributed by atoms with Crippen LogP contribution < -0.4 is 5.73 Å². The summed E-state index contributed by atoms with van der Waals surface area (Å²) in [6, 6.07) is 0. The lowest BCUT2D eigenvalue weighted by molar-refractivity contribution is 0.00847. The summed E-state index contributed by atoms with van der Waals surface area (Å²) in [5.74, 6) is 0.744. The Kier molecular flexibility index (Phi) is 4.60. The van der Waals surface area contributed by atoms with E-state index in [-0.39, 0.29) is 11.5 Å². The Bertz CT molecular complexity index is 371. The summed E-state index contributed by atoms with van der Waals surface area (Å²) in [7, 11) is 1.70. The molecule has 2 N–H and O–H groups in total. The minimum absolute atomic E-state index is 0.0238. The second-order valence-corrected chi connectivity index (χ2v) is 5.24. The van der Waals surface area contributed by atoms with Crippen LogP contribution in [0.2, 0.25) is 0 Å². The summed E-state index contributed by atoms with van der Waals surface area (Å²) in [5.41, 5.74) is 7.67. The molecule has 0 saturated heterocycles. The maximum absolute atomic E-state index is 5.66. The fourth-order valence-corrected chi connectivity index (χ4v) is 1.91. The molecule has 1 rings (SSSR count). The van der Waals surface area contributed by atoms with Crippen LogP contribution in [0.15, 0.2) is 6.20 Å². The van der Waals surface area contributed by atoms with Crippen molar-refractivity contribution >= 4 is 0 Å². The van der Waals surface area contributed by atoms with Gasteiger partial charge in [0.05, 0.1) is 0 Å². The molecule has 0 amide bonds. The number of nitrogens with two attached hydrogens (primary N) is 1. The number of aryl methyl sites for hydroxylation is 1. The molecule has 0 radical (unpaired) electrons. The fourth-order valence-electron chi connectivity index (χ4n) is 1.91. The lowest BCUT2D eigenvalue weighted by Gasteiger charge is -2.28. The normalized spacial score (nSPS) is 13.8. The maximum atomic E-state index is 5.66. The first kappa shape index (κ1) is 14.1. The minimum atomic E-state index is -0.0976. The smallest absolute Gasteiger partial charge is 0.157 e. The van der Waals surface area contributed by atoms with Crippen LogP contribution in [0.5, 0.6) is 0 Å². The number of hydrogen-bond acceptors (Lipinski definition) is 4. The van der Waals surface area contributed by atoms with Gasteiger partial charge >= 0.3 is 0 Å². The van der Waals surface area contributed by atoms with E-state index in [1.165, 1.54) is 0 Å². The average Bonchev–Trinajstić information content (AvgIpc) is 2.27. The average molecular weight is 237 g/mol. The Hall–Kier alpha value is -1.00. The van der Waals surface area contributed by atoms with Crippen molar-refractivity contribution < 1.29 is 4.74 Å². The number of ether oxygens (including phenoxy) is 1. The number of methoxy groups -OCH3 is 1. The summed E-state index contributed by atoms with van der Waals surface area (Å²) < 4.78 is 5.52. The van der Waals surface area contributed by atoms with Crippen LogP contribution in [0.3, 0.4) is 0 Å². The molecule has 1 aromatic heterocycles. The van der Waals surface area contributed by atoms with E-state index in [0.29, 0.717) is 6.54 Å². The van der Waals surface area contributed by atoms with Crippen LogP contribution in [-0.4, -0.2) is 17.1 Å². The summed E-state index contributed by atoms with van der Waals surface area (Å²) in [6.45, 7) is 8.91. The van der Waals surface area contributed by atoms with E-state index in [0.717, 1.165) is 23.5 Å². The van der Waals surface area contributed by atoms with Gasteiger partial charge in [-0.3, -0.25) is 0 Å². The van der Waals surface area contributed by atoms with Gasteiger partial charge in [-0.1, -0.05) is 27.7 Å². The third-order valence-electron chi connectivity index (χ3n) is 2.78. The highest BCUT2D eigenvalue weighted by molar-refractivity contribution is 5.18. The molecule has 96 valence electrons.